The highest BCUT2D eigenvalue weighted by Crippen LogP contribution is 2.20. The number of furan rings is 1. The fourth-order valence-corrected chi connectivity index (χ4v) is 3.03. The molecule has 134 valence electrons. The summed E-state index contributed by atoms with van der Waals surface area (Å²) in [4.78, 5) is 24.1. The number of sulfonamides is 1. The van der Waals surface area contributed by atoms with Gasteiger partial charge in [0.2, 0.25) is 10.0 Å². The number of hydrogen-bond acceptors (Lipinski definition) is 5. The van der Waals surface area contributed by atoms with E-state index in [-0.39, 0.29) is 21.0 Å². The Balaban J connectivity index is 2.17. The first-order valence-electron chi connectivity index (χ1n) is 7.06. The van der Waals surface area contributed by atoms with Crippen LogP contribution >= 0.6 is 11.6 Å². The Kier molecular flexibility index (Phi) is 5.51. The van der Waals surface area contributed by atoms with Gasteiger partial charge in [-0.05, 0) is 45.2 Å². The zero-order chi connectivity index (χ0) is 18.8. The summed E-state index contributed by atoms with van der Waals surface area (Å²) < 4.78 is 31.0. The van der Waals surface area contributed by atoms with Gasteiger partial charge in [-0.15, -0.1) is 0 Å². The van der Waals surface area contributed by atoms with Gasteiger partial charge in [-0.1, -0.05) is 11.6 Å². The number of carbonyl (C=O) groups excluding carboxylic acids is 2. The van der Waals surface area contributed by atoms with Crippen LogP contribution in [-0.2, 0) is 10.0 Å². The van der Waals surface area contributed by atoms with Gasteiger partial charge in [0.05, 0.1) is 21.0 Å². The molecular formula is C15H16ClN3O5S. The highest BCUT2D eigenvalue weighted by Gasteiger charge is 2.19. The molecule has 0 saturated carbocycles. The molecule has 8 nitrogen and oxygen atoms in total. The molecule has 0 unspecified atom stereocenters. The lowest BCUT2D eigenvalue weighted by atomic mass is 10.2. The second kappa shape index (κ2) is 7.26. The van der Waals surface area contributed by atoms with Gasteiger partial charge in [0.25, 0.3) is 11.8 Å². The van der Waals surface area contributed by atoms with Gasteiger partial charge >= 0.3 is 0 Å². The van der Waals surface area contributed by atoms with Crippen LogP contribution in [0.2, 0.25) is 5.02 Å². The predicted octanol–water partition coefficient (Wildman–Crippen LogP) is 1.53. The standard InChI is InChI=1S/C15H16ClN3O5S/c1-8-6-11(9(2)24-8)14(20)18-19-15(21)12-7-10(4-5-13(12)16)25(22,23)17-3/h4-7,17H,1-3H3,(H,18,20)(H,19,21). The molecule has 2 rings (SSSR count). The maximum atomic E-state index is 12.2. The van der Waals surface area contributed by atoms with Crippen LogP contribution in [0.15, 0.2) is 33.6 Å². The number of benzene rings is 1. The molecule has 0 fully saturated rings. The molecule has 0 aliphatic heterocycles. The van der Waals surface area contributed by atoms with Crippen molar-refractivity contribution in [1.29, 1.82) is 0 Å². The summed E-state index contributed by atoms with van der Waals surface area (Å²) in [7, 11) is -2.49. The Bertz CT molecular complexity index is 937. The smallest absolute Gasteiger partial charge is 0.273 e. The van der Waals surface area contributed by atoms with Crippen LogP contribution in [0.3, 0.4) is 0 Å². The number of aryl methyl sites for hydroxylation is 2. The SMILES string of the molecule is CNS(=O)(=O)c1ccc(Cl)c(C(=O)NNC(=O)c2cc(C)oc2C)c1. The zero-order valence-corrected chi connectivity index (χ0v) is 15.2. The third-order valence-electron chi connectivity index (χ3n) is 3.34. The van der Waals surface area contributed by atoms with Gasteiger partial charge in [-0.25, -0.2) is 13.1 Å². The normalized spacial score (nSPS) is 11.2. The van der Waals surface area contributed by atoms with Gasteiger partial charge in [0.15, 0.2) is 0 Å². The van der Waals surface area contributed by atoms with Crippen LogP contribution in [0.25, 0.3) is 0 Å². The number of rotatable bonds is 4. The Morgan fingerprint density at radius 3 is 2.16 bits per heavy atom. The third-order valence-corrected chi connectivity index (χ3v) is 5.08. The van der Waals surface area contributed by atoms with E-state index in [1.54, 1.807) is 13.8 Å². The molecule has 25 heavy (non-hydrogen) atoms. The maximum Gasteiger partial charge on any atom is 0.273 e. The Morgan fingerprint density at radius 2 is 1.64 bits per heavy atom. The van der Waals surface area contributed by atoms with Gasteiger partial charge in [0.1, 0.15) is 11.5 Å². The number of amides is 2. The van der Waals surface area contributed by atoms with E-state index in [9.17, 15) is 18.0 Å². The van der Waals surface area contributed by atoms with E-state index in [0.29, 0.717) is 11.5 Å². The minimum absolute atomic E-state index is 0.0390. The summed E-state index contributed by atoms with van der Waals surface area (Å²) in [6.07, 6.45) is 0. The van der Waals surface area contributed by atoms with E-state index in [0.717, 1.165) is 6.07 Å². The minimum Gasteiger partial charge on any atom is -0.466 e. The molecule has 1 aromatic heterocycles. The number of hydrazine groups is 1. The third kappa shape index (κ3) is 4.19. The lowest BCUT2D eigenvalue weighted by Gasteiger charge is -2.10. The van der Waals surface area contributed by atoms with Gasteiger partial charge in [0, 0.05) is 0 Å². The van der Waals surface area contributed by atoms with Gasteiger partial charge in [-0.3, -0.25) is 20.4 Å². The lowest BCUT2D eigenvalue weighted by molar-refractivity contribution is 0.0845. The molecule has 10 heteroatoms. The van der Waals surface area contributed by atoms with E-state index in [2.05, 4.69) is 15.6 Å². The summed E-state index contributed by atoms with van der Waals surface area (Å²) >= 11 is 5.94. The van der Waals surface area contributed by atoms with Gasteiger partial charge in [-0.2, -0.15) is 0 Å². The summed E-state index contributed by atoms with van der Waals surface area (Å²) in [6.45, 7) is 3.31. The summed E-state index contributed by atoms with van der Waals surface area (Å²) in [5.74, 6) is -0.367. The number of nitrogens with one attached hydrogen (secondary N) is 3. The highest BCUT2D eigenvalue weighted by molar-refractivity contribution is 7.89. The average molecular weight is 386 g/mol. The van der Waals surface area contributed by atoms with Crippen molar-refractivity contribution in [2.24, 2.45) is 0 Å². The van der Waals surface area contributed by atoms with Crippen LogP contribution in [0.5, 0.6) is 0 Å². The first-order chi connectivity index (χ1) is 11.7. The molecule has 3 N–H and O–H groups in total. The van der Waals surface area contributed by atoms with Crippen LogP contribution < -0.4 is 15.6 Å². The quantitative estimate of drug-likeness (QED) is 0.690. The zero-order valence-electron chi connectivity index (χ0n) is 13.6. The fraction of sp³-hybridized carbons (Fsp3) is 0.200. The number of carbonyl (C=O) groups is 2. The van der Waals surface area contributed by atoms with E-state index in [1.807, 2.05) is 0 Å². The second-order valence-electron chi connectivity index (χ2n) is 5.08. The number of halogens is 1. The van der Waals surface area contributed by atoms with Crippen molar-refractivity contribution in [3.05, 3.63) is 51.9 Å². The van der Waals surface area contributed by atoms with E-state index < -0.39 is 21.8 Å². The van der Waals surface area contributed by atoms with E-state index >= 15 is 0 Å². The van der Waals surface area contributed by atoms with Crippen molar-refractivity contribution < 1.29 is 22.4 Å². The van der Waals surface area contributed by atoms with Crippen LogP contribution in [0.1, 0.15) is 32.2 Å². The van der Waals surface area contributed by atoms with Crippen molar-refractivity contribution in [3.8, 4) is 0 Å². The fourth-order valence-electron chi connectivity index (χ4n) is 2.07. The molecule has 0 aliphatic carbocycles. The molecular weight excluding hydrogens is 370 g/mol. The van der Waals surface area contributed by atoms with Crippen LogP contribution in [0, 0.1) is 13.8 Å². The lowest BCUT2D eigenvalue weighted by Crippen LogP contribution is -2.41. The van der Waals surface area contributed by atoms with Crippen LogP contribution in [-0.4, -0.2) is 27.3 Å². The minimum atomic E-state index is -3.74. The molecule has 2 aromatic rings. The van der Waals surface area contributed by atoms with Crippen molar-refractivity contribution >= 4 is 33.4 Å². The Labute approximate surface area is 149 Å². The first kappa shape index (κ1) is 19.0. The molecule has 0 spiro atoms. The highest BCUT2D eigenvalue weighted by atomic mass is 35.5. The maximum absolute atomic E-state index is 12.2. The summed E-state index contributed by atoms with van der Waals surface area (Å²) in [6, 6.07) is 5.19. The van der Waals surface area contributed by atoms with E-state index in [4.69, 9.17) is 16.0 Å². The summed E-state index contributed by atoms with van der Waals surface area (Å²) in [5, 5.41) is 0.0390. The van der Waals surface area contributed by atoms with Crippen molar-refractivity contribution in [3.63, 3.8) is 0 Å². The number of hydrogen-bond donors (Lipinski definition) is 3. The largest absolute Gasteiger partial charge is 0.466 e. The van der Waals surface area contributed by atoms with Crippen molar-refractivity contribution in [2.75, 3.05) is 7.05 Å². The first-order valence-corrected chi connectivity index (χ1v) is 8.92. The average Bonchev–Trinajstić information content (AvgIpc) is 2.91. The molecule has 0 radical (unpaired) electrons. The molecule has 0 saturated heterocycles. The Morgan fingerprint density at radius 1 is 1.04 bits per heavy atom. The van der Waals surface area contributed by atoms with Crippen LogP contribution in [0.4, 0.5) is 0 Å². The van der Waals surface area contributed by atoms with E-state index in [1.165, 1.54) is 25.2 Å². The molecule has 0 aliphatic rings. The predicted molar refractivity (Wildman–Crippen MR) is 90.8 cm³/mol. The van der Waals surface area contributed by atoms with Crippen molar-refractivity contribution in [2.45, 2.75) is 18.7 Å². The molecule has 0 bridgehead atoms. The van der Waals surface area contributed by atoms with Gasteiger partial charge < -0.3 is 4.42 Å². The molecule has 0 atom stereocenters. The molecule has 1 heterocycles. The molecule has 1 aromatic carbocycles. The summed E-state index contributed by atoms with van der Waals surface area (Å²) in [5.41, 5.74) is 4.59. The monoisotopic (exact) mass is 385 g/mol. The topological polar surface area (TPSA) is 118 Å². The Hall–Kier alpha value is -2.36. The second-order valence-corrected chi connectivity index (χ2v) is 7.38. The molecule has 2 amide bonds. The van der Waals surface area contributed by atoms with Crippen molar-refractivity contribution in [1.82, 2.24) is 15.6 Å².